The molecule has 156 valence electrons. The summed E-state index contributed by atoms with van der Waals surface area (Å²) < 4.78 is 6.36. The van der Waals surface area contributed by atoms with Gasteiger partial charge in [-0.15, -0.1) is 0 Å². The van der Waals surface area contributed by atoms with Crippen LogP contribution in [0.4, 0.5) is 5.69 Å². The third-order valence-corrected chi connectivity index (χ3v) is 6.19. The van der Waals surface area contributed by atoms with Crippen LogP contribution in [0.5, 0.6) is 5.75 Å². The lowest BCUT2D eigenvalue weighted by atomic mass is 9.99. The third-order valence-electron chi connectivity index (χ3n) is 6.19. The second-order valence-corrected chi connectivity index (χ2v) is 8.37. The van der Waals surface area contributed by atoms with E-state index in [1.807, 2.05) is 6.07 Å². The largest absolute Gasteiger partial charge is 0.485 e. The maximum atomic E-state index is 6.36. The first-order chi connectivity index (χ1) is 15.2. The van der Waals surface area contributed by atoms with Crippen LogP contribution < -0.4 is 15.0 Å². The van der Waals surface area contributed by atoms with Gasteiger partial charge in [0.2, 0.25) is 0 Å². The van der Waals surface area contributed by atoms with Gasteiger partial charge in [-0.2, -0.15) is 0 Å². The van der Waals surface area contributed by atoms with Crippen LogP contribution in [0.15, 0.2) is 91.0 Å². The summed E-state index contributed by atoms with van der Waals surface area (Å²) >= 11 is 0. The van der Waals surface area contributed by atoms with Crippen molar-refractivity contribution in [2.45, 2.75) is 19.1 Å². The second-order valence-electron chi connectivity index (χ2n) is 8.37. The van der Waals surface area contributed by atoms with Crippen molar-refractivity contribution in [1.82, 2.24) is 5.32 Å². The Kier molecular flexibility index (Phi) is 5.35. The van der Waals surface area contributed by atoms with Gasteiger partial charge in [0.25, 0.3) is 0 Å². The molecule has 0 saturated carbocycles. The topological polar surface area (TPSA) is 24.5 Å². The smallest absolute Gasteiger partial charge is 0.143 e. The fourth-order valence-corrected chi connectivity index (χ4v) is 4.50. The number of anilines is 1. The Balaban J connectivity index is 1.29. The summed E-state index contributed by atoms with van der Waals surface area (Å²) in [5.74, 6) is 0.957. The van der Waals surface area contributed by atoms with Gasteiger partial charge in [-0.3, -0.25) is 0 Å². The van der Waals surface area contributed by atoms with Crippen molar-refractivity contribution < 1.29 is 4.74 Å². The molecule has 3 nitrogen and oxygen atoms in total. The van der Waals surface area contributed by atoms with Crippen molar-refractivity contribution in [2.24, 2.45) is 0 Å². The van der Waals surface area contributed by atoms with Crippen LogP contribution in [0.25, 0.3) is 21.9 Å². The van der Waals surface area contributed by atoms with Gasteiger partial charge in [0.05, 0.1) is 12.2 Å². The van der Waals surface area contributed by atoms with E-state index >= 15 is 0 Å². The Hall–Kier alpha value is -3.30. The Morgan fingerprint density at radius 3 is 2.55 bits per heavy atom. The van der Waals surface area contributed by atoms with Gasteiger partial charge in [0.1, 0.15) is 11.9 Å². The minimum atomic E-state index is 0.109. The quantitative estimate of drug-likeness (QED) is 0.435. The predicted octanol–water partition coefficient (Wildman–Crippen LogP) is 6.05. The molecule has 4 aromatic carbocycles. The molecule has 0 saturated heterocycles. The molecule has 0 radical (unpaired) electrons. The van der Waals surface area contributed by atoms with Gasteiger partial charge in [0, 0.05) is 19.6 Å². The molecular formula is C28H28N2O. The highest BCUT2D eigenvalue weighted by Crippen LogP contribution is 2.36. The first-order valence-electron chi connectivity index (χ1n) is 11.0. The first-order valence-corrected chi connectivity index (χ1v) is 11.0. The molecule has 1 heterocycles. The van der Waals surface area contributed by atoms with Crippen molar-refractivity contribution >= 4 is 16.5 Å². The number of likely N-dealkylation sites (N-methyl/N-ethyl adjacent to an activating group) is 1. The summed E-state index contributed by atoms with van der Waals surface area (Å²) in [6, 6.07) is 32.3. The number of hydrogen-bond acceptors (Lipinski definition) is 3. The fourth-order valence-electron chi connectivity index (χ4n) is 4.50. The second kappa shape index (κ2) is 8.44. The number of benzene rings is 4. The van der Waals surface area contributed by atoms with E-state index in [2.05, 4.69) is 109 Å². The first kappa shape index (κ1) is 19.7. The molecule has 2 atom stereocenters. The zero-order chi connectivity index (χ0) is 21.2. The van der Waals surface area contributed by atoms with Crippen LogP contribution >= 0.6 is 0 Å². The Labute approximate surface area is 184 Å². The number of nitrogens with one attached hydrogen (secondary N) is 1. The van der Waals surface area contributed by atoms with Crippen molar-refractivity contribution in [3.8, 4) is 16.9 Å². The monoisotopic (exact) mass is 408 g/mol. The van der Waals surface area contributed by atoms with E-state index in [9.17, 15) is 0 Å². The standard InChI is InChI=1S/C28H28N2O/c1-20(25-14-8-12-22-11-6-7-13-26(22)25)29-18-24-19-30(2)27-17-23(15-16-28(27)31-24)21-9-4-3-5-10-21/h3-17,20,24,29H,18-19H2,1-2H3/t20-,24?/m1/s1. The van der Waals surface area contributed by atoms with E-state index in [0.717, 1.165) is 24.5 Å². The molecular weight excluding hydrogens is 380 g/mol. The molecule has 31 heavy (non-hydrogen) atoms. The number of hydrogen-bond donors (Lipinski definition) is 1. The minimum Gasteiger partial charge on any atom is -0.485 e. The molecule has 0 aromatic heterocycles. The summed E-state index contributed by atoms with van der Waals surface area (Å²) in [5, 5.41) is 6.29. The van der Waals surface area contributed by atoms with E-state index in [0.29, 0.717) is 0 Å². The van der Waals surface area contributed by atoms with Crippen LogP contribution in [0.3, 0.4) is 0 Å². The molecule has 0 fully saturated rings. The van der Waals surface area contributed by atoms with Gasteiger partial charge < -0.3 is 15.0 Å². The van der Waals surface area contributed by atoms with Gasteiger partial charge in [-0.1, -0.05) is 78.9 Å². The van der Waals surface area contributed by atoms with E-state index in [4.69, 9.17) is 4.74 Å². The lowest BCUT2D eigenvalue weighted by Crippen LogP contribution is -2.44. The fraction of sp³-hybridized carbons (Fsp3) is 0.214. The Morgan fingerprint density at radius 1 is 0.903 bits per heavy atom. The van der Waals surface area contributed by atoms with Crippen LogP contribution in [0, 0.1) is 0 Å². The average Bonchev–Trinajstić information content (AvgIpc) is 2.82. The highest BCUT2D eigenvalue weighted by atomic mass is 16.5. The van der Waals surface area contributed by atoms with Gasteiger partial charge >= 0.3 is 0 Å². The third kappa shape index (κ3) is 4.01. The molecule has 1 aliphatic heterocycles. The van der Waals surface area contributed by atoms with Crippen LogP contribution in [0.2, 0.25) is 0 Å². The zero-order valence-electron chi connectivity index (χ0n) is 18.1. The van der Waals surface area contributed by atoms with E-state index in [-0.39, 0.29) is 12.1 Å². The van der Waals surface area contributed by atoms with Crippen LogP contribution in [0.1, 0.15) is 18.5 Å². The molecule has 4 aromatic rings. The lowest BCUT2D eigenvalue weighted by Gasteiger charge is -2.35. The summed E-state index contributed by atoms with van der Waals surface area (Å²) in [5.41, 5.74) is 4.93. The number of fused-ring (bicyclic) bond motifs is 2. The van der Waals surface area contributed by atoms with Crippen LogP contribution in [-0.4, -0.2) is 26.2 Å². The van der Waals surface area contributed by atoms with E-state index in [1.165, 1.54) is 27.5 Å². The summed E-state index contributed by atoms with van der Waals surface area (Å²) in [6.45, 7) is 3.89. The highest BCUT2D eigenvalue weighted by Gasteiger charge is 2.24. The van der Waals surface area contributed by atoms with Crippen molar-refractivity contribution in [2.75, 3.05) is 25.0 Å². The zero-order valence-corrected chi connectivity index (χ0v) is 18.1. The van der Waals surface area contributed by atoms with E-state index in [1.54, 1.807) is 0 Å². The molecule has 5 rings (SSSR count). The summed E-state index contributed by atoms with van der Waals surface area (Å²) in [6.07, 6.45) is 0.109. The molecule has 0 bridgehead atoms. The molecule has 0 aliphatic carbocycles. The Morgan fingerprint density at radius 2 is 1.68 bits per heavy atom. The van der Waals surface area contributed by atoms with Crippen molar-refractivity contribution in [3.63, 3.8) is 0 Å². The summed E-state index contributed by atoms with van der Waals surface area (Å²) in [4.78, 5) is 2.31. The van der Waals surface area contributed by atoms with Gasteiger partial charge in [0.15, 0.2) is 0 Å². The van der Waals surface area contributed by atoms with E-state index < -0.39 is 0 Å². The number of ether oxygens (including phenoxy) is 1. The normalized spacial score (nSPS) is 16.6. The molecule has 1 aliphatic rings. The lowest BCUT2D eigenvalue weighted by molar-refractivity contribution is 0.188. The number of nitrogens with zero attached hydrogens (tertiary/aromatic N) is 1. The number of rotatable bonds is 5. The highest BCUT2D eigenvalue weighted by molar-refractivity contribution is 5.86. The predicted molar refractivity (Wildman–Crippen MR) is 130 cm³/mol. The molecule has 1 N–H and O–H groups in total. The maximum Gasteiger partial charge on any atom is 0.143 e. The van der Waals surface area contributed by atoms with Gasteiger partial charge in [-0.25, -0.2) is 0 Å². The molecule has 1 unspecified atom stereocenters. The summed E-state index contributed by atoms with van der Waals surface area (Å²) in [7, 11) is 2.15. The SMILES string of the molecule is C[C@@H](NCC1CN(C)c2cc(-c3ccccc3)ccc2O1)c1cccc2ccccc12. The Bertz CT molecular complexity index is 1180. The van der Waals surface area contributed by atoms with Crippen LogP contribution in [-0.2, 0) is 0 Å². The molecule has 0 spiro atoms. The maximum absolute atomic E-state index is 6.36. The van der Waals surface area contributed by atoms with Crippen molar-refractivity contribution in [3.05, 3.63) is 96.6 Å². The molecule has 0 amide bonds. The van der Waals surface area contributed by atoms with Gasteiger partial charge in [-0.05, 0) is 46.5 Å². The minimum absolute atomic E-state index is 0.109. The van der Waals surface area contributed by atoms with Crippen molar-refractivity contribution in [1.29, 1.82) is 0 Å². The molecule has 3 heteroatoms. The average molecular weight is 409 g/mol.